The molecule has 142 valence electrons. The highest BCUT2D eigenvalue weighted by atomic mass is 16.5. The van der Waals surface area contributed by atoms with Crippen molar-refractivity contribution in [3.63, 3.8) is 0 Å². The smallest absolute Gasteiger partial charge is 0.321 e. The molecule has 1 aromatic heterocycles. The molecule has 1 atom stereocenters. The Balaban J connectivity index is 1.26. The van der Waals surface area contributed by atoms with Crippen LogP contribution in [-0.2, 0) is 0 Å². The van der Waals surface area contributed by atoms with Gasteiger partial charge in [-0.15, -0.1) is 0 Å². The van der Waals surface area contributed by atoms with E-state index in [0.717, 1.165) is 18.8 Å². The number of rotatable bonds is 4. The summed E-state index contributed by atoms with van der Waals surface area (Å²) in [7, 11) is 0. The summed E-state index contributed by atoms with van der Waals surface area (Å²) in [6.07, 6.45) is 7.25. The fourth-order valence-electron chi connectivity index (χ4n) is 3.85. The Morgan fingerprint density at radius 2 is 1.96 bits per heavy atom. The molecule has 2 aliphatic heterocycles. The van der Waals surface area contributed by atoms with E-state index in [-0.39, 0.29) is 6.03 Å². The van der Waals surface area contributed by atoms with Gasteiger partial charge in [0.25, 0.3) is 0 Å². The van der Waals surface area contributed by atoms with Crippen LogP contribution in [0.2, 0.25) is 0 Å². The van der Waals surface area contributed by atoms with E-state index in [9.17, 15) is 4.79 Å². The number of aromatic nitrogens is 1. The van der Waals surface area contributed by atoms with E-state index in [1.54, 1.807) is 12.4 Å². The maximum atomic E-state index is 12.4. The van der Waals surface area contributed by atoms with Crippen molar-refractivity contribution in [3.05, 3.63) is 48.8 Å². The van der Waals surface area contributed by atoms with Gasteiger partial charge in [-0.3, -0.25) is 9.88 Å². The fourth-order valence-corrected chi connectivity index (χ4v) is 3.85. The molecule has 2 fully saturated rings. The number of piperidine rings is 1. The number of anilines is 1. The average Bonchev–Trinajstić information content (AvgIpc) is 2.65. The number of amides is 2. The predicted molar refractivity (Wildman–Crippen MR) is 105 cm³/mol. The van der Waals surface area contributed by atoms with Crippen LogP contribution in [0.1, 0.15) is 26.2 Å². The molecular weight excluding hydrogens is 340 g/mol. The summed E-state index contributed by atoms with van der Waals surface area (Å²) < 4.78 is 5.72. The van der Waals surface area contributed by atoms with Crippen LogP contribution in [0, 0.1) is 0 Å². The van der Waals surface area contributed by atoms with E-state index in [1.165, 1.54) is 25.8 Å². The first-order chi connectivity index (χ1) is 13.2. The van der Waals surface area contributed by atoms with Gasteiger partial charge in [-0.05, 0) is 62.7 Å². The van der Waals surface area contributed by atoms with E-state index in [1.807, 2.05) is 41.3 Å². The molecule has 2 aromatic rings. The molecule has 3 heterocycles. The fraction of sp³-hybridized carbons (Fsp3) is 0.429. The Morgan fingerprint density at radius 1 is 1.15 bits per heavy atom. The topological polar surface area (TPSA) is 57.7 Å². The number of hydrogen-bond acceptors (Lipinski definition) is 4. The lowest BCUT2D eigenvalue weighted by Gasteiger charge is -2.49. The molecule has 0 radical (unpaired) electrons. The third-order valence-corrected chi connectivity index (χ3v) is 5.45. The highest BCUT2D eigenvalue weighted by molar-refractivity contribution is 5.90. The highest BCUT2D eigenvalue weighted by Crippen LogP contribution is 2.26. The number of pyridine rings is 1. The van der Waals surface area contributed by atoms with Gasteiger partial charge in [0.05, 0.1) is 6.20 Å². The van der Waals surface area contributed by atoms with Gasteiger partial charge in [-0.2, -0.15) is 0 Å². The first kappa shape index (κ1) is 17.8. The van der Waals surface area contributed by atoms with Crippen LogP contribution in [0.4, 0.5) is 10.5 Å². The first-order valence-electron chi connectivity index (χ1n) is 9.68. The van der Waals surface area contributed by atoms with Crippen molar-refractivity contribution >= 4 is 11.7 Å². The Hall–Kier alpha value is -2.60. The molecule has 6 heteroatoms. The minimum absolute atomic E-state index is 0.0307. The van der Waals surface area contributed by atoms with Crippen LogP contribution in [0.15, 0.2) is 48.8 Å². The Kier molecular flexibility index (Phi) is 5.25. The SMILES string of the molecule is CC1CCCCN1C1CN(C(=O)Nc2ccc(Oc3cccnc3)cc2)C1. The molecule has 6 nitrogen and oxygen atoms in total. The lowest BCUT2D eigenvalue weighted by atomic mass is 9.98. The lowest BCUT2D eigenvalue weighted by Crippen LogP contribution is -2.64. The van der Waals surface area contributed by atoms with E-state index in [2.05, 4.69) is 22.1 Å². The summed E-state index contributed by atoms with van der Waals surface area (Å²) in [4.78, 5) is 20.9. The second-order valence-corrected chi connectivity index (χ2v) is 7.39. The number of urea groups is 1. The van der Waals surface area contributed by atoms with Crippen LogP contribution in [0.25, 0.3) is 0 Å². The Labute approximate surface area is 160 Å². The maximum absolute atomic E-state index is 12.4. The van der Waals surface area contributed by atoms with Gasteiger partial charge in [0.1, 0.15) is 11.5 Å². The van der Waals surface area contributed by atoms with Crippen LogP contribution in [0.5, 0.6) is 11.5 Å². The van der Waals surface area contributed by atoms with Gasteiger partial charge in [0.15, 0.2) is 0 Å². The maximum Gasteiger partial charge on any atom is 0.321 e. The normalized spacial score (nSPS) is 20.8. The number of benzene rings is 1. The van der Waals surface area contributed by atoms with Crippen LogP contribution < -0.4 is 10.1 Å². The molecule has 1 unspecified atom stereocenters. The number of hydrogen-bond donors (Lipinski definition) is 1. The van der Waals surface area contributed by atoms with E-state index in [0.29, 0.717) is 23.6 Å². The zero-order chi connectivity index (χ0) is 18.6. The molecule has 0 aliphatic carbocycles. The van der Waals surface area contributed by atoms with Gasteiger partial charge >= 0.3 is 6.03 Å². The summed E-state index contributed by atoms with van der Waals surface area (Å²) in [5, 5.41) is 2.97. The van der Waals surface area contributed by atoms with Crippen molar-refractivity contribution in [1.82, 2.24) is 14.8 Å². The molecule has 2 aliphatic rings. The molecule has 1 N–H and O–H groups in total. The molecule has 4 rings (SSSR count). The van der Waals surface area contributed by atoms with Crippen molar-refractivity contribution in [2.75, 3.05) is 25.0 Å². The van der Waals surface area contributed by atoms with E-state index >= 15 is 0 Å². The average molecular weight is 366 g/mol. The third kappa shape index (κ3) is 4.22. The van der Waals surface area contributed by atoms with E-state index in [4.69, 9.17) is 4.74 Å². The molecule has 27 heavy (non-hydrogen) atoms. The van der Waals surface area contributed by atoms with Crippen LogP contribution in [0.3, 0.4) is 0 Å². The van der Waals surface area contributed by atoms with Gasteiger partial charge in [-0.1, -0.05) is 6.42 Å². The van der Waals surface area contributed by atoms with Crippen molar-refractivity contribution in [1.29, 1.82) is 0 Å². The zero-order valence-electron chi connectivity index (χ0n) is 15.7. The molecule has 0 spiro atoms. The van der Waals surface area contributed by atoms with Gasteiger partial charge < -0.3 is 15.0 Å². The summed E-state index contributed by atoms with van der Waals surface area (Å²) in [5.41, 5.74) is 0.772. The molecule has 0 saturated carbocycles. The number of carbonyl (C=O) groups excluding carboxylic acids is 1. The lowest BCUT2D eigenvalue weighted by molar-refractivity contribution is 0.0199. The largest absolute Gasteiger partial charge is 0.456 e. The molecule has 2 saturated heterocycles. The Morgan fingerprint density at radius 3 is 2.67 bits per heavy atom. The van der Waals surface area contributed by atoms with Gasteiger partial charge in [0, 0.05) is 37.1 Å². The van der Waals surface area contributed by atoms with Crippen LogP contribution >= 0.6 is 0 Å². The van der Waals surface area contributed by atoms with Crippen molar-refractivity contribution in [2.45, 2.75) is 38.3 Å². The van der Waals surface area contributed by atoms with Crippen molar-refractivity contribution in [3.8, 4) is 11.5 Å². The summed E-state index contributed by atoms with van der Waals surface area (Å²) in [6, 6.07) is 12.2. The summed E-state index contributed by atoms with van der Waals surface area (Å²) in [5.74, 6) is 1.40. The highest BCUT2D eigenvalue weighted by Gasteiger charge is 2.37. The second-order valence-electron chi connectivity index (χ2n) is 7.39. The van der Waals surface area contributed by atoms with Crippen molar-refractivity contribution < 1.29 is 9.53 Å². The Bertz CT molecular complexity index is 760. The predicted octanol–water partition coefficient (Wildman–Crippen LogP) is 3.96. The zero-order valence-corrected chi connectivity index (χ0v) is 15.7. The number of likely N-dealkylation sites (tertiary alicyclic amines) is 2. The van der Waals surface area contributed by atoms with Gasteiger partial charge in [0.2, 0.25) is 0 Å². The second kappa shape index (κ2) is 7.96. The molecule has 2 amide bonds. The first-order valence-corrected chi connectivity index (χ1v) is 9.68. The molecular formula is C21H26N4O2. The number of nitrogens with zero attached hydrogens (tertiary/aromatic N) is 3. The van der Waals surface area contributed by atoms with Gasteiger partial charge in [-0.25, -0.2) is 4.79 Å². The molecule has 1 aromatic carbocycles. The number of ether oxygens (including phenoxy) is 1. The monoisotopic (exact) mass is 366 g/mol. The summed E-state index contributed by atoms with van der Waals surface area (Å²) >= 11 is 0. The van der Waals surface area contributed by atoms with Crippen molar-refractivity contribution in [2.24, 2.45) is 0 Å². The minimum atomic E-state index is -0.0307. The third-order valence-electron chi connectivity index (χ3n) is 5.45. The number of nitrogens with one attached hydrogen (secondary N) is 1. The minimum Gasteiger partial charge on any atom is -0.456 e. The standard InChI is InChI=1S/C21H26N4O2/c1-16-5-2-3-12-25(16)18-14-24(15-18)21(26)23-17-7-9-19(10-8-17)27-20-6-4-11-22-13-20/h4,6-11,13,16,18H,2-3,5,12,14-15H2,1H3,(H,23,26). The quantitative estimate of drug-likeness (QED) is 0.890. The van der Waals surface area contributed by atoms with Crippen LogP contribution in [-0.4, -0.2) is 52.5 Å². The summed E-state index contributed by atoms with van der Waals surface area (Å²) in [6.45, 7) is 5.10. The molecule has 0 bridgehead atoms. The van der Waals surface area contributed by atoms with E-state index < -0.39 is 0 Å². The number of carbonyl (C=O) groups is 1.